The summed E-state index contributed by atoms with van der Waals surface area (Å²) < 4.78 is 0. The van der Waals surface area contributed by atoms with Gasteiger partial charge >= 0.3 is 0 Å². The van der Waals surface area contributed by atoms with Crippen LogP contribution in [0, 0.1) is 20.8 Å². The van der Waals surface area contributed by atoms with Gasteiger partial charge in [-0.1, -0.05) is 17.7 Å². The fraction of sp³-hybridized carbons (Fsp3) is 0.533. The van der Waals surface area contributed by atoms with E-state index < -0.39 is 0 Å². The predicted octanol–water partition coefficient (Wildman–Crippen LogP) is 1.27. The van der Waals surface area contributed by atoms with Gasteiger partial charge in [-0.2, -0.15) is 0 Å². The fourth-order valence-corrected chi connectivity index (χ4v) is 3.00. The molecule has 1 atom stereocenters. The van der Waals surface area contributed by atoms with Crippen molar-refractivity contribution in [2.24, 2.45) is 5.73 Å². The summed E-state index contributed by atoms with van der Waals surface area (Å²) in [4.78, 5) is 14.3. The van der Waals surface area contributed by atoms with Crippen molar-refractivity contribution in [1.29, 1.82) is 0 Å². The zero-order valence-electron chi connectivity index (χ0n) is 12.0. The van der Waals surface area contributed by atoms with Crippen LogP contribution in [0.4, 0.5) is 5.69 Å². The van der Waals surface area contributed by atoms with Crippen molar-refractivity contribution in [3.05, 3.63) is 28.8 Å². The number of hydrogen-bond donors (Lipinski definition) is 2. The summed E-state index contributed by atoms with van der Waals surface area (Å²) in [5.41, 5.74) is 10.7. The van der Waals surface area contributed by atoms with Gasteiger partial charge in [-0.15, -0.1) is 0 Å². The van der Waals surface area contributed by atoms with Crippen molar-refractivity contribution in [1.82, 2.24) is 5.32 Å². The predicted molar refractivity (Wildman–Crippen MR) is 78.5 cm³/mol. The van der Waals surface area contributed by atoms with Crippen LogP contribution in [0.1, 0.15) is 23.1 Å². The van der Waals surface area contributed by atoms with Gasteiger partial charge < -0.3 is 16.0 Å². The van der Waals surface area contributed by atoms with Gasteiger partial charge in [0, 0.05) is 25.3 Å². The van der Waals surface area contributed by atoms with E-state index >= 15 is 0 Å². The Morgan fingerprint density at radius 3 is 2.53 bits per heavy atom. The number of nitrogens with one attached hydrogen (secondary N) is 1. The van der Waals surface area contributed by atoms with Crippen LogP contribution in [-0.4, -0.2) is 31.6 Å². The molecular weight excluding hydrogens is 238 g/mol. The van der Waals surface area contributed by atoms with Crippen LogP contribution in [0.3, 0.4) is 0 Å². The maximum Gasteiger partial charge on any atom is 0.244 e. The van der Waals surface area contributed by atoms with Gasteiger partial charge in [0.05, 0.1) is 0 Å². The number of aryl methyl sites for hydroxylation is 3. The number of carbonyl (C=O) groups is 1. The van der Waals surface area contributed by atoms with Crippen molar-refractivity contribution in [2.75, 3.05) is 24.5 Å². The average Bonchev–Trinajstić information content (AvgIpc) is 2.50. The number of nitrogens with zero attached hydrogens (tertiary/aromatic N) is 1. The Morgan fingerprint density at radius 2 is 1.95 bits per heavy atom. The lowest BCUT2D eigenvalue weighted by Gasteiger charge is -2.32. The van der Waals surface area contributed by atoms with Crippen molar-refractivity contribution in [2.45, 2.75) is 33.2 Å². The third-order valence-corrected chi connectivity index (χ3v) is 3.70. The molecule has 4 heteroatoms. The minimum absolute atomic E-state index is 0.0411. The van der Waals surface area contributed by atoms with E-state index in [0.717, 1.165) is 25.2 Å². The molecule has 4 nitrogen and oxygen atoms in total. The molecule has 0 spiro atoms. The van der Waals surface area contributed by atoms with Crippen LogP contribution in [0.25, 0.3) is 0 Å². The molecule has 1 saturated heterocycles. The zero-order chi connectivity index (χ0) is 14.0. The largest absolute Gasteiger partial charge is 0.358 e. The molecular formula is C15H23N3O. The lowest BCUT2D eigenvalue weighted by atomic mass is 10.0. The number of carbonyl (C=O) groups excluding carboxylic acids is 1. The molecule has 1 aromatic carbocycles. The number of rotatable bonds is 2. The number of hydrogen-bond acceptors (Lipinski definition) is 3. The van der Waals surface area contributed by atoms with Crippen LogP contribution in [-0.2, 0) is 4.79 Å². The third kappa shape index (κ3) is 2.73. The number of amides is 1. The molecule has 104 valence electrons. The Morgan fingerprint density at radius 1 is 1.32 bits per heavy atom. The van der Waals surface area contributed by atoms with Gasteiger partial charge in [0.1, 0.15) is 6.04 Å². The molecule has 1 unspecified atom stereocenters. The fourth-order valence-electron chi connectivity index (χ4n) is 3.00. The van der Waals surface area contributed by atoms with E-state index in [1.54, 1.807) is 0 Å². The number of benzene rings is 1. The van der Waals surface area contributed by atoms with E-state index in [2.05, 4.69) is 43.1 Å². The highest BCUT2D eigenvalue weighted by molar-refractivity contribution is 5.86. The molecule has 3 N–H and O–H groups in total. The maximum atomic E-state index is 12.1. The second-order valence-electron chi connectivity index (χ2n) is 5.34. The van der Waals surface area contributed by atoms with E-state index in [9.17, 15) is 4.79 Å². The molecule has 0 saturated carbocycles. The summed E-state index contributed by atoms with van der Waals surface area (Å²) in [7, 11) is 0. The summed E-state index contributed by atoms with van der Waals surface area (Å²) in [5.74, 6) is 0.0411. The lowest BCUT2D eigenvalue weighted by molar-refractivity contribution is -0.121. The van der Waals surface area contributed by atoms with Gasteiger partial charge in [0.2, 0.25) is 5.91 Å². The smallest absolute Gasteiger partial charge is 0.244 e. The molecule has 1 fully saturated rings. The van der Waals surface area contributed by atoms with Gasteiger partial charge in [0.25, 0.3) is 0 Å². The van der Waals surface area contributed by atoms with Gasteiger partial charge in [-0.3, -0.25) is 4.79 Å². The molecule has 0 bridgehead atoms. The van der Waals surface area contributed by atoms with E-state index in [1.165, 1.54) is 16.7 Å². The van der Waals surface area contributed by atoms with E-state index in [4.69, 9.17) is 5.73 Å². The zero-order valence-corrected chi connectivity index (χ0v) is 12.0. The van der Waals surface area contributed by atoms with Crippen molar-refractivity contribution < 1.29 is 4.79 Å². The number of anilines is 1. The van der Waals surface area contributed by atoms with Crippen molar-refractivity contribution in [3.63, 3.8) is 0 Å². The average molecular weight is 261 g/mol. The standard InChI is InChI=1S/C15H23N3O/c1-10-7-11(2)14(12(3)8-10)18-6-4-5-17-15(19)13(18)9-16/h7-8,13H,4-6,9,16H2,1-3H3,(H,17,19). The highest BCUT2D eigenvalue weighted by Crippen LogP contribution is 2.28. The Kier molecular flexibility index (Phi) is 4.10. The first-order valence-electron chi connectivity index (χ1n) is 6.87. The quantitative estimate of drug-likeness (QED) is 0.843. The first-order valence-corrected chi connectivity index (χ1v) is 6.87. The van der Waals surface area contributed by atoms with Crippen LogP contribution < -0.4 is 16.0 Å². The van der Waals surface area contributed by atoms with E-state index in [0.29, 0.717) is 6.54 Å². The highest BCUT2D eigenvalue weighted by Gasteiger charge is 2.28. The van der Waals surface area contributed by atoms with Gasteiger partial charge in [-0.25, -0.2) is 0 Å². The molecule has 1 amide bonds. The normalized spacial score (nSPS) is 20.1. The Hall–Kier alpha value is -1.55. The maximum absolute atomic E-state index is 12.1. The molecule has 0 aromatic heterocycles. The number of nitrogens with two attached hydrogens (primary N) is 1. The molecule has 1 aromatic rings. The lowest BCUT2D eigenvalue weighted by Crippen LogP contribution is -2.49. The Labute approximate surface area is 115 Å². The second kappa shape index (κ2) is 5.61. The van der Waals surface area contributed by atoms with Crippen molar-refractivity contribution in [3.8, 4) is 0 Å². The monoisotopic (exact) mass is 261 g/mol. The van der Waals surface area contributed by atoms with E-state index in [-0.39, 0.29) is 11.9 Å². The third-order valence-electron chi connectivity index (χ3n) is 3.70. The topological polar surface area (TPSA) is 58.4 Å². The van der Waals surface area contributed by atoms with E-state index in [1.807, 2.05) is 0 Å². The first-order chi connectivity index (χ1) is 9.04. The molecule has 1 heterocycles. The molecule has 1 aliphatic rings. The Balaban J connectivity index is 2.45. The summed E-state index contributed by atoms with van der Waals surface area (Å²) in [5, 5.41) is 2.93. The SMILES string of the molecule is Cc1cc(C)c(N2CCCNC(=O)C2CN)c(C)c1. The summed E-state index contributed by atoms with van der Waals surface area (Å²) in [6.07, 6.45) is 0.953. The van der Waals surface area contributed by atoms with Crippen LogP contribution >= 0.6 is 0 Å². The minimum atomic E-state index is -0.261. The molecule has 1 aliphatic heterocycles. The Bertz CT molecular complexity index is 461. The molecule has 0 aliphatic carbocycles. The summed E-state index contributed by atoms with van der Waals surface area (Å²) in [6, 6.07) is 4.07. The first kappa shape index (κ1) is 13.9. The summed E-state index contributed by atoms with van der Waals surface area (Å²) in [6.45, 7) is 8.25. The van der Waals surface area contributed by atoms with Gasteiger partial charge in [0.15, 0.2) is 0 Å². The van der Waals surface area contributed by atoms with Crippen molar-refractivity contribution >= 4 is 11.6 Å². The van der Waals surface area contributed by atoms with Crippen LogP contribution in [0.5, 0.6) is 0 Å². The van der Waals surface area contributed by atoms with Crippen LogP contribution in [0.2, 0.25) is 0 Å². The second-order valence-corrected chi connectivity index (χ2v) is 5.34. The van der Waals surface area contributed by atoms with Gasteiger partial charge in [-0.05, 0) is 38.3 Å². The summed E-state index contributed by atoms with van der Waals surface area (Å²) >= 11 is 0. The molecule has 0 radical (unpaired) electrons. The minimum Gasteiger partial charge on any atom is -0.358 e. The highest BCUT2D eigenvalue weighted by atomic mass is 16.2. The van der Waals surface area contributed by atoms with Crippen LogP contribution in [0.15, 0.2) is 12.1 Å². The molecule has 19 heavy (non-hydrogen) atoms. The molecule has 2 rings (SSSR count).